The van der Waals surface area contributed by atoms with E-state index in [1.807, 2.05) is 24.3 Å². The molecule has 2 heterocycles. The number of amides is 1. The van der Waals surface area contributed by atoms with Crippen LogP contribution in [0.15, 0.2) is 24.3 Å². The molecule has 1 N–H and O–H groups in total. The number of hydrogen-bond donors (Lipinski definition) is 1. The Balaban J connectivity index is 1.66. The van der Waals surface area contributed by atoms with Crippen LogP contribution in [0.25, 0.3) is 0 Å². The van der Waals surface area contributed by atoms with Crippen molar-refractivity contribution in [1.82, 2.24) is 4.90 Å². The fourth-order valence-corrected chi connectivity index (χ4v) is 2.91. The lowest BCUT2D eigenvalue weighted by Gasteiger charge is -2.28. The zero-order valence-corrected chi connectivity index (χ0v) is 11.1. The molecule has 1 amide bonds. The van der Waals surface area contributed by atoms with Crippen molar-refractivity contribution in [1.29, 1.82) is 0 Å². The van der Waals surface area contributed by atoms with Gasteiger partial charge in [0, 0.05) is 13.1 Å². The number of ether oxygens (including phenoxy) is 1. The fraction of sp³-hybridized carbons (Fsp3) is 0.467. The number of carboxylic acids is 1. The van der Waals surface area contributed by atoms with Crippen LogP contribution >= 0.6 is 0 Å². The number of carboxylic acid groups (broad SMARTS) is 1. The van der Waals surface area contributed by atoms with E-state index in [1.165, 1.54) is 0 Å². The molecule has 2 unspecified atom stereocenters. The van der Waals surface area contributed by atoms with Gasteiger partial charge in [0.25, 0.3) is 0 Å². The van der Waals surface area contributed by atoms with E-state index in [0.717, 1.165) is 11.3 Å². The lowest BCUT2D eigenvalue weighted by atomic mass is 9.95. The van der Waals surface area contributed by atoms with Crippen LogP contribution in [0, 0.1) is 11.8 Å². The van der Waals surface area contributed by atoms with Gasteiger partial charge in [-0.1, -0.05) is 18.2 Å². The summed E-state index contributed by atoms with van der Waals surface area (Å²) in [6.45, 7) is 1.24. The molecule has 0 bridgehead atoms. The quantitative estimate of drug-likeness (QED) is 0.880. The zero-order valence-electron chi connectivity index (χ0n) is 11.1. The van der Waals surface area contributed by atoms with Crippen LogP contribution in [-0.4, -0.2) is 41.6 Å². The first-order valence-electron chi connectivity index (χ1n) is 6.87. The molecule has 5 heteroatoms. The van der Waals surface area contributed by atoms with Gasteiger partial charge in [-0.15, -0.1) is 0 Å². The summed E-state index contributed by atoms with van der Waals surface area (Å²) in [4.78, 5) is 25.0. The van der Waals surface area contributed by atoms with E-state index in [-0.39, 0.29) is 11.8 Å². The Kier molecular flexibility index (Phi) is 3.34. The van der Waals surface area contributed by atoms with Gasteiger partial charge < -0.3 is 14.7 Å². The van der Waals surface area contributed by atoms with Crippen LogP contribution in [0.3, 0.4) is 0 Å². The summed E-state index contributed by atoms with van der Waals surface area (Å²) >= 11 is 0. The maximum Gasteiger partial charge on any atom is 0.308 e. The van der Waals surface area contributed by atoms with Crippen LogP contribution in [0.1, 0.15) is 12.0 Å². The largest absolute Gasteiger partial charge is 0.492 e. The van der Waals surface area contributed by atoms with Crippen LogP contribution in [0.4, 0.5) is 0 Å². The highest BCUT2D eigenvalue weighted by Gasteiger charge is 2.35. The van der Waals surface area contributed by atoms with Gasteiger partial charge in [-0.05, 0) is 24.5 Å². The molecule has 2 aliphatic rings. The molecular weight excluding hydrogens is 258 g/mol. The molecule has 3 rings (SSSR count). The van der Waals surface area contributed by atoms with Crippen molar-refractivity contribution in [2.24, 2.45) is 11.8 Å². The van der Waals surface area contributed by atoms with E-state index in [4.69, 9.17) is 9.84 Å². The SMILES string of the molecule is O=C(O)C1CCN(C(=O)C2COc3ccccc3C2)C1. The van der Waals surface area contributed by atoms with Gasteiger partial charge in [-0.2, -0.15) is 0 Å². The second-order valence-corrected chi connectivity index (χ2v) is 5.43. The predicted octanol–water partition coefficient (Wildman–Crippen LogP) is 1.17. The summed E-state index contributed by atoms with van der Waals surface area (Å²) in [7, 11) is 0. The molecule has 5 nitrogen and oxygen atoms in total. The van der Waals surface area contributed by atoms with E-state index < -0.39 is 11.9 Å². The first kappa shape index (κ1) is 13.0. The number of fused-ring (bicyclic) bond motifs is 1. The monoisotopic (exact) mass is 275 g/mol. The van der Waals surface area contributed by atoms with Gasteiger partial charge >= 0.3 is 5.97 Å². The van der Waals surface area contributed by atoms with Gasteiger partial charge in [0.15, 0.2) is 0 Å². The Labute approximate surface area is 117 Å². The number of likely N-dealkylation sites (tertiary alicyclic amines) is 1. The van der Waals surface area contributed by atoms with Gasteiger partial charge in [-0.3, -0.25) is 9.59 Å². The summed E-state index contributed by atoms with van der Waals surface area (Å²) in [5, 5.41) is 8.99. The number of benzene rings is 1. The molecule has 0 aliphatic carbocycles. The first-order valence-corrected chi connectivity index (χ1v) is 6.87. The van der Waals surface area contributed by atoms with E-state index in [1.54, 1.807) is 4.90 Å². The van der Waals surface area contributed by atoms with Crippen molar-refractivity contribution < 1.29 is 19.4 Å². The molecule has 1 fully saturated rings. The third-order valence-electron chi connectivity index (χ3n) is 4.08. The van der Waals surface area contributed by atoms with Gasteiger partial charge in [-0.25, -0.2) is 0 Å². The van der Waals surface area contributed by atoms with Crippen LogP contribution in [0.2, 0.25) is 0 Å². The average molecular weight is 275 g/mol. The Morgan fingerprint density at radius 3 is 2.80 bits per heavy atom. The van der Waals surface area contributed by atoms with Crippen molar-refractivity contribution in [3.05, 3.63) is 29.8 Å². The van der Waals surface area contributed by atoms with Crippen molar-refractivity contribution in [2.75, 3.05) is 19.7 Å². The average Bonchev–Trinajstić information content (AvgIpc) is 2.96. The third kappa shape index (κ3) is 2.35. The zero-order chi connectivity index (χ0) is 14.1. The van der Waals surface area contributed by atoms with Gasteiger partial charge in [0.2, 0.25) is 5.91 Å². The Morgan fingerprint density at radius 2 is 2.05 bits per heavy atom. The van der Waals surface area contributed by atoms with E-state index in [0.29, 0.717) is 32.5 Å². The van der Waals surface area contributed by atoms with Gasteiger partial charge in [0.05, 0.1) is 11.8 Å². The molecule has 1 aromatic carbocycles. The molecule has 0 saturated carbocycles. The second kappa shape index (κ2) is 5.15. The topological polar surface area (TPSA) is 66.8 Å². The van der Waals surface area contributed by atoms with Crippen molar-refractivity contribution in [3.63, 3.8) is 0 Å². The maximum atomic E-state index is 12.4. The number of carbonyl (C=O) groups is 2. The summed E-state index contributed by atoms with van der Waals surface area (Å²) in [6.07, 6.45) is 1.22. The maximum absolute atomic E-state index is 12.4. The Morgan fingerprint density at radius 1 is 1.25 bits per heavy atom. The Hall–Kier alpha value is -2.04. The summed E-state index contributed by atoms with van der Waals surface area (Å²) < 4.78 is 5.63. The van der Waals surface area contributed by atoms with Crippen LogP contribution in [0.5, 0.6) is 5.75 Å². The number of aliphatic carboxylic acids is 1. The molecule has 0 spiro atoms. The third-order valence-corrected chi connectivity index (χ3v) is 4.08. The molecular formula is C15H17NO4. The molecule has 1 aromatic rings. The molecule has 20 heavy (non-hydrogen) atoms. The van der Waals surface area contributed by atoms with Crippen molar-refractivity contribution >= 4 is 11.9 Å². The highest BCUT2D eigenvalue weighted by Crippen LogP contribution is 2.29. The molecule has 2 aliphatic heterocycles. The van der Waals surface area contributed by atoms with Crippen LogP contribution in [-0.2, 0) is 16.0 Å². The van der Waals surface area contributed by atoms with E-state index in [2.05, 4.69) is 0 Å². The highest BCUT2D eigenvalue weighted by atomic mass is 16.5. The standard InChI is InChI=1S/C15H17NO4/c17-14(16-6-5-11(8-16)15(18)19)12-7-10-3-1-2-4-13(10)20-9-12/h1-4,11-12H,5-9H2,(H,18,19). The number of rotatable bonds is 2. The molecule has 2 atom stereocenters. The first-order chi connectivity index (χ1) is 9.65. The summed E-state index contributed by atoms with van der Waals surface area (Å²) in [6, 6.07) is 7.73. The highest BCUT2D eigenvalue weighted by molar-refractivity contribution is 5.81. The number of carbonyl (C=O) groups excluding carboxylic acids is 1. The number of para-hydroxylation sites is 1. The minimum atomic E-state index is -0.814. The molecule has 1 saturated heterocycles. The molecule has 0 aromatic heterocycles. The van der Waals surface area contributed by atoms with E-state index in [9.17, 15) is 9.59 Å². The number of nitrogens with zero attached hydrogens (tertiary/aromatic N) is 1. The van der Waals surface area contributed by atoms with Crippen molar-refractivity contribution in [3.8, 4) is 5.75 Å². The minimum Gasteiger partial charge on any atom is -0.492 e. The van der Waals surface area contributed by atoms with Crippen LogP contribution < -0.4 is 4.74 Å². The smallest absolute Gasteiger partial charge is 0.308 e. The van der Waals surface area contributed by atoms with Gasteiger partial charge in [0.1, 0.15) is 12.4 Å². The lowest BCUT2D eigenvalue weighted by Crippen LogP contribution is -2.40. The molecule has 106 valence electrons. The van der Waals surface area contributed by atoms with E-state index >= 15 is 0 Å². The lowest BCUT2D eigenvalue weighted by molar-refractivity contribution is -0.141. The summed E-state index contributed by atoms with van der Waals surface area (Å²) in [5.74, 6) is -0.566. The second-order valence-electron chi connectivity index (χ2n) is 5.43. The normalized spacial score (nSPS) is 24.9. The summed E-state index contributed by atoms with van der Waals surface area (Å²) in [5.41, 5.74) is 1.05. The fourth-order valence-electron chi connectivity index (χ4n) is 2.91. The molecule has 0 radical (unpaired) electrons. The number of hydrogen-bond acceptors (Lipinski definition) is 3. The Bertz CT molecular complexity index is 542. The van der Waals surface area contributed by atoms with Crippen molar-refractivity contribution in [2.45, 2.75) is 12.8 Å². The minimum absolute atomic E-state index is 0.0169. The predicted molar refractivity (Wildman–Crippen MR) is 71.5 cm³/mol.